The Morgan fingerprint density at radius 3 is 2.62 bits per heavy atom. The van der Waals surface area contributed by atoms with Crippen molar-refractivity contribution in [2.75, 3.05) is 43.0 Å². The van der Waals surface area contributed by atoms with Gasteiger partial charge >= 0.3 is 0 Å². The van der Waals surface area contributed by atoms with Gasteiger partial charge in [0.15, 0.2) is 14.9 Å². The van der Waals surface area contributed by atoms with Gasteiger partial charge in [-0.1, -0.05) is 12.1 Å². The number of nitrogens with one attached hydrogen (secondary N) is 2. The van der Waals surface area contributed by atoms with E-state index in [0.717, 1.165) is 43.4 Å². The van der Waals surface area contributed by atoms with Gasteiger partial charge in [-0.3, -0.25) is 0 Å². The third-order valence-corrected chi connectivity index (χ3v) is 7.48. The van der Waals surface area contributed by atoms with Crippen molar-refractivity contribution in [1.29, 1.82) is 0 Å². The fraction of sp³-hybridized carbons (Fsp3) is 0.588. The summed E-state index contributed by atoms with van der Waals surface area (Å²) in [6.07, 6.45) is 0.808. The lowest BCUT2D eigenvalue weighted by atomic mass is 10.1. The van der Waals surface area contributed by atoms with Crippen molar-refractivity contribution < 1.29 is 13.3 Å². The molecule has 1 aromatic carbocycles. The summed E-state index contributed by atoms with van der Waals surface area (Å²) in [5.41, 5.74) is 3.54. The molecule has 2 aliphatic heterocycles. The molecular weight excluding hydrogens is 342 g/mol. The molecule has 2 heterocycles. The van der Waals surface area contributed by atoms with E-state index < -0.39 is 9.84 Å². The van der Waals surface area contributed by atoms with Gasteiger partial charge in [-0.15, -0.1) is 0 Å². The average Bonchev–Trinajstić information content (AvgIpc) is 2.92. The van der Waals surface area contributed by atoms with Crippen LogP contribution in [0.15, 0.2) is 18.2 Å². The lowest BCUT2D eigenvalue weighted by Gasteiger charge is -2.36. The van der Waals surface area contributed by atoms with Crippen LogP contribution in [0.3, 0.4) is 0 Å². The molecule has 7 heteroatoms. The first-order valence-corrected chi connectivity index (χ1v) is 10.8. The summed E-state index contributed by atoms with van der Waals surface area (Å²) in [6.45, 7) is 7.86. The smallest absolute Gasteiger partial charge is 0.173 e. The molecule has 1 atom stereocenters. The Kier molecular flexibility index (Phi) is 5.13. The largest absolute Gasteiger partial charge is 0.338 e. The third kappa shape index (κ3) is 3.90. The van der Waals surface area contributed by atoms with E-state index in [1.807, 2.05) is 6.07 Å². The van der Waals surface area contributed by atoms with Gasteiger partial charge in [-0.2, -0.15) is 0 Å². The van der Waals surface area contributed by atoms with Crippen LogP contribution in [0.25, 0.3) is 0 Å². The van der Waals surface area contributed by atoms with E-state index in [0.29, 0.717) is 11.5 Å². The van der Waals surface area contributed by atoms with Gasteiger partial charge in [0.25, 0.3) is 0 Å². The maximum atomic E-state index is 11.7. The topological polar surface area (TPSA) is 53.9 Å². The predicted octanol–water partition coefficient (Wildman–Crippen LogP) is 0.388. The Bertz CT molecular complexity index is 725. The molecule has 0 bridgehead atoms. The number of hydrogen-bond acceptors (Lipinski definition) is 3. The zero-order valence-electron chi connectivity index (χ0n) is 14.3. The first-order chi connectivity index (χ1) is 11.4. The Hall–Kier alpha value is -1.18. The second-order valence-corrected chi connectivity index (χ2v) is 9.54. The van der Waals surface area contributed by atoms with Crippen LogP contribution in [0, 0.1) is 13.8 Å². The second-order valence-electron chi connectivity index (χ2n) is 6.92. The van der Waals surface area contributed by atoms with Crippen molar-refractivity contribution in [3.05, 3.63) is 29.3 Å². The van der Waals surface area contributed by atoms with Crippen molar-refractivity contribution in [3.63, 3.8) is 0 Å². The maximum Gasteiger partial charge on any atom is 0.173 e. The molecule has 5 nitrogen and oxygen atoms in total. The van der Waals surface area contributed by atoms with Gasteiger partial charge in [0.05, 0.1) is 31.9 Å². The summed E-state index contributed by atoms with van der Waals surface area (Å²) in [5, 5.41) is 4.14. The van der Waals surface area contributed by atoms with E-state index in [9.17, 15) is 8.42 Å². The molecule has 0 radical (unpaired) electrons. The molecule has 1 aromatic rings. The highest BCUT2D eigenvalue weighted by Crippen LogP contribution is 2.18. The minimum absolute atomic E-state index is 0.276. The molecule has 3 rings (SSSR count). The van der Waals surface area contributed by atoms with Gasteiger partial charge in [0.2, 0.25) is 0 Å². The van der Waals surface area contributed by atoms with Crippen molar-refractivity contribution in [3.8, 4) is 0 Å². The normalized spacial score (nSPS) is 24.1. The molecule has 0 unspecified atom stereocenters. The molecule has 0 aromatic heterocycles. The zero-order valence-corrected chi connectivity index (χ0v) is 16.0. The van der Waals surface area contributed by atoms with Gasteiger partial charge in [0.1, 0.15) is 11.8 Å². The minimum Gasteiger partial charge on any atom is -0.338 e. The van der Waals surface area contributed by atoms with Crippen LogP contribution in [-0.2, 0) is 9.84 Å². The molecule has 2 aliphatic rings. The number of sulfone groups is 1. The molecular formula is C17H26N3O2S2+. The van der Waals surface area contributed by atoms with Crippen LogP contribution in [0.5, 0.6) is 0 Å². The standard InChI is InChI=1S/C17H25N3O2S2/c1-13-4-3-5-16(14(13)2)18-17(23)20-9-7-19(8-10-20)15-6-11-24(21,22)12-15/h3-5,15H,6-12H2,1-2H3,(H,18,23)/p+1/t15-/m1/s1. The van der Waals surface area contributed by atoms with E-state index in [1.54, 1.807) is 0 Å². The van der Waals surface area contributed by atoms with Crippen molar-refractivity contribution in [2.45, 2.75) is 26.3 Å². The quantitative estimate of drug-likeness (QED) is 0.740. The lowest BCUT2D eigenvalue weighted by molar-refractivity contribution is -0.925. The number of quaternary nitrogens is 1. The van der Waals surface area contributed by atoms with Crippen LogP contribution in [0.2, 0.25) is 0 Å². The first-order valence-electron chi connectivity index (χ1n) is 8.53. The number of thiocarbonyl (C=S) groups is 1. The number of benzene rings is 1. The monoisotopic (exact) mass is 368 g/mol. The average molecular weight is 369 g/mol. The second kappa shape index (κ2) is 6.98. The van der Waals surface area contributed by atoms with E-state index in [4.69, 9.17) is 12.2 Å². The highest BCUT2D eigenvalue weighted by Gasteiger charge is 2.37. The number of hydrogen-bond donors (Lipinski definition) is 2. The maximum absolute atomic E-state index is 11.7. The number of nitrogens with zero attached hydrogens (tertiary/aromatic N) is 1. The SMILES string of the molecule is Cc1cccc(NC(=S)N2CC[NH+]([C@@H]3CCS(=O)(=O)C3)CC2)c1C. The fourth-order valence-corrected chi connectivity index (χ4v) is 5.72. The fourth-order valence-electron chi connectivity index (χ4n) is 3.60. The molecule has 24 heavy (non-hydrogen) atoms. The number of aryl methyl sites for hydroxylation is 1. The highest BCUT2D eigenvalue weighted by atomic mass is 32.2. The van der Waals surface area contributed by atoms with E-state index >= 15 is 0 Å². The highest BCUT2D eigenvalue weighted by molar-refractivity contribution is 7.91. The van der Waals surface area contributed by atoms with Crippen molar-refractivity contribution in [1.82, 2.24) is 4.90 Å². The number of rotatable bonds is 2. The first kappa shape index (κ1) is 17.6. The van der Waals surface area contributed by atoms with Crippen LogP contribution >= 0.6 is 12.2 Å². The lowest BCUT2D eigenvalue weighted by Crippen LogP contribution is -3.18. The van der Waals surface area contributed by atoms with E-state index in [2.05, 4.69) is 36.2 Å². The van der Waals surface area contributed by atoms with Crippen LogP contribution in [0.4, 0.5) is 5.69 Å². The zero-order chi connectivity index (χ0) is 17.3. The summed E-state index contributed by atoms with van der Waals surface area (Å²) in [5.74, 6) is 0.713. The van der Waals surface area contributed by atoms with Crippen LogP contribution in [0.1, 0.15) is 17.5 Å². The summed E-state index contributed by atoms with van der Waals surface area (Å²) in [4.78, 5) is 3.62. The minimum atomic E-state index is -2.80. The molecule has 2 N–H and O–H groups in total. The van der Waals surface area contributed by atoms with E-state index in [1.165, 1.54) is 16.0 Å². The number of anilines is 1. The summed E-state index contributed by atoms with van der Waals surface area (Å²) in [6, 6.07) is 6.47. The van der Waals surface area contributed by atoms with Crippen LogP contribution in [-0.4, -0.2) is 62.2 Å². The molecule has 0 amide bonds. The van der Waals surface area contributed by atoms with Gasteiger partial charge < -0.3 is 15.1 Å². The Labute approximate surface area is 149 Å². The van der Waals surface area contributed by atoms with Gasteiger partial charge in [0, 0.05) is 12.1 Å². The Morgan fingerprint density at radius 2 is 2.00 bits per heavy atom. The summed E-state index contributed by atoms with van der Waals surface area (Å²) >= 11 is 5.58. The molecule has 0 aliphatic carbocycles. The summed E-state index contributed by atoms with van der Waals surface area (Å²) < 4.78 is 23.3. The molecule has 132 valence electrons. The molecule has 2 fully saturated rings. The van der Waals surface area contributed by atoms with E-state index in [-0.39, 0.29) is 6.04 Å². The van der Waals surface area contributed by atoms with Gasteiger partial charge in [-0.25, -0.2) is 8.42 Å². The van der Waals surface area contributed by atoms with Crippen LogP contribution < -0.4 is 10.2 Å². The number of piperazine rings is 1. The summed E-state index contributed by atoms with van der Waals surface area (Å²) in [7, 11) is -2.80. The van der Waals surface area contributed by atoms with Crippen molar-refractivity contribution in [2.24, 2.45) is 0 Å². The third-order valence-electron chi connectivity index (χ3n) is 5.35. The molecule has 0 saturated carbocycles. The van der Waals surface area contributed by atoms with Crippen molar-refractivity contribution >= 4 is 32.9 Å². The molecule has 0 spiro atoms. The van der Waals surface area contributed by atoms with Gasteiger partial charge in [-0.05, 0) is 43.3 Å². The molecule has 2 saturated heterocycles. The Balaban J connectivity index is 1.55. The Morgan fingerprint density at radius 1 is 1.29 bits per heavy atom. The predicted molar refractivity (Wildman–Crippen MR) is 101 cm³/mol.